The first-order chi connectivity index (χ1) is 17.9. The molecule has 0 aliphatic rings. The van der Waals surface area contributed by atoms with E-state index in [2.05, 4.69) is 31.2 Å². The molecular weight excluding hydrogens is 484 g/mol. The highest BCUT2D eigenvalue weighted by Crippen LogP contribution is 2.23. The second kappa shape index (κ2) is 13.1. The molecule has 194 valence electrons. The lowest BCUT2D eigenvalue weighted by Crippen LogP contribution is -2.49. The number of aromatic nitrogens is 2. The Morgan fingerprint density at radius 2 is 1.73 bits per heavy atom. The third-order valence-corrected chi connectivity index (χ3v) is 4.85. The van der Waals surface area contributed by atoms with Crippen LogP contribution in [0.25, 0.3) is 0 Å². The van der Waals surface area contributed by atoms with Crippen molar-refractivity contribution >= 4 is 29.5 Å². The summed E-state index contributed by atoms with van der Waals surface area (Å²) in [7, 11) is 1.50. The molecule has 13 nitrogen and oxygen atoms in total. The number of anilines is 2. The average molecular weight is 511 g/mol. The fourth-order valence-electron chi connectivity index (χ4n) is 3.01. The molecule has 0 saturated carbocycles. The minimum atomic E-state index is -1.42. The monoisotopic (exact) mass is 510 g/mol. The van der Waals surface area contributed by atoms with Gasteiger partial charge >= 0.3 is 12.0 Å². The molecule has 37 heavy (non-hydrogen) atoms. The molecular formula is C24H26N6O7. The fourth-order valence-corrected chi connectivity index (χ4v) is 3.01. The van der Waals surface area contributed by atoms with Crippen LogP contribution in [-0.2, 0) is 4.79 Å². The van der Waals surface area contributed by atoms with Crippen LogP contribution in [0.2, 0.25) is 0 Å². The van der Waals surface area contributed by atoms with Gasteiger partial charge in [0.25, 0.3) is 5.91 Å². The van der Waals surface area contributed by atoms with Crippen molar-refractivity contribution in [3.8, 4) is 17.2 Å². The molecule has 0 aliphatic carbocycles. The largest absolute Gasteiger partial charge is 0.507 e. The van der Waals surface area contributed by atoms with Crippen LogP contribution in [0.15, 0.2) is 60.9 Å². The predicted molar refractivity (Wildman–Crippen MR) is 133 cm³/mol. The Labute approximate surface area is 211 Å². The maximum atomic E-state index is 12.5. The van der Waals surface area contributed by atoms with Crippen LogP contribution in [-0.4, -0.2) is 70.9 Å². The molecule has 0 unspecified atom stereocenters. The third kappa shape index (κ3) is 8.28. The number of phenolic OH excluding ortho intramolecular Hbond substituents is 1. The van der Waals surface area contributed by atoms with Crippen LogP contribution in [0.1, 0.15) is 10.4 Å². The molecule has 1 heterocycles. The summed E-state index contributed by atoms with van der Waals surface area (Å²) in [5, 5.41) is 29.8. The Hall–Kier alpha value is -5.07. The number of rotatable bonds is 12. The van der Waals surface area contributed by atoms with E-state index in [1.54, 1.807) is 42.7 Å². The van der Waals surface area contributed by atoms with E-state index >= 15 is 0 Å². The normalized spacial score (nSPS) is 11.1. The second-order valence-electron chi connectivity index (χ2n) is 7.45. The van der Waals surface area contributed by atoms with E-state index in [1.165, 1.54) is 25.3 Å². The van der Waals surface area contributed by atoms with Crippen molar-refractivity contribution in [1.82, 2.24) is 20.6 Å². The van der Waals surface area contributed by atoms with Crippen LogP contribution in [0.4, 0.5) is 16.4 Å². The Morgan fingerprint density at radius 3 is 2.38 bits per heavy atom. The molecule has 6 N–H and O–H groups in total. The topological polar surface area (TPSA) is 184 Å². The Kier molecular flexibility index (Phi) is 9.42. The number of methoxy groups -OCH3 is 1. The Balaban J connectivity index is 1.47. The number of carboxylic acid groups (broad SMARTS) is 1. The molecule has 3 aromatic rings. The number of hydrogen-bond donors (Lipinski definition) is 6. The SMILES string of the molecule is COc1ccc(NC(=O)N[C@@H](CNC(=O)c2ccc(OCCNc3ncccn3)cc2O)C(=O)O)cc1. The smallest absolute Gasteiger partial charge is 0.328 e. The molecule has 0 aliphatic heterocycles. The van der Waals surface area contributed by atoms with Crippen molar-refractivity contribution in [1.29, 1.82) is 0 Å². The average Bonchev–Trinajstić information content (AvgIpc) is 2.89. The molecule has 13 heteroatoms. The fraction of sp³-hybridized carbons (Fsp3) is 0.208. The number of ether oxygens (including phenoxy) is 2. The van der Waals surface area contributed by atoms with Crippen molar-refractivity contribution in [3.63, 3.8) is 0 Å². The van der Waals surface area contributed by atoms with Gasteiger partial charge in [0.2, 0.25) is 5.95 Å². The van der Waals surface area contributed by atoms with Gasteiger partial charge in [-0.25, -0.2) is 19.6 Å². The first kappa shape index (κ1) is 26.5. The van der Waals surface area contributed by atoms with Crippen LogP contribution in [0, 0.1) is 0 Å². The lowest BCUT2D eigenvalue weighted by atomic mass is 10.1. The van der Waals surface area contributed by atoms with Crippen LogP contribution in [0.5, 0.6) is 17.2 Å². The van der Waals surface area contributed by atoms with Crippen molar-refractivity contribution in [2.24, 2.45) is 0 Å². The lowest BCUT2D eigenvalue weighted by Gasteiger charge is -2.16. The highest BCUT2D eigenvalue weighted by Gasteiger charge is 2.22. The Morgan fingerprint density at radius 1 is 1.03 bits per heavy atom. The van der Waals surface area contributed by atoms with Crippen LogP contribution >= 0.6 is 0 Å². The molecule has 3 rings (SSSR count). The number of carbonyl (C=O) groups is 3. The van der Waals surface area contributed by atoms with Gasteiger partial charge in [-0.15, -0.1) is 0 Å². The number of urea groups is 1. The van der Waals surface area contributed by atoms with Crippen molar-refractivity contribution < 1.29 is 34.1 Å². The minimum absolute atomic E-state index is 0.0880. The minimum Gasteiger partial charge on any atom is -0.507 e. The summed E-state index contributed by atoms with van der Waals surface area (Å²) in [5.41, 5.74) is 0.331. The van der Waals surface area contributed by atoms with E-state index in [0.717, 1.165) is 0 Å². The van der Waals surface area contributed by atoms with E-state index < -0.39 is 30.5 Å². The van der Waals surface area contributed by atoms with Gasteiger partial charge in [0, 0.05) is 30.7 Å². The molecule has 0 spiro atoms. The molecule has 0 radical (unpaired) electrons. The van der Waals surface area contributed by atoms with Gasteiger partial charge in [0.15, 0.2) is 0 Å². The van der Waals surface area contributed by atoms with Gasteiger partial charge in [0.1, 0.15) is 29.9 Å². The molecule has 0 saturated heterocycles. The zero-order chi connectivity index (χ0) is 26.6. The predicted octanol–water partition coefficient (Wildman–Crippen LogP) is 1.69. The molecule has 2 aromatic carbocycles. The molecule has 1 aromatic heterocycles. The first-order valence-electron chi connectivity index (χ1n) is 11.0. The first-order valence-corrected chi connectivity index (χ1v) is 11.0. The van der Waals surface area contributed by atoms with Crippen LogP contribution in [0.3, 0.4) is 0 Å². The van der Waals surface area contributed by atoms with Gasteiger partial charge in [-0.1, -0.05) is 0 Å². The van der Waals surface area contributed by atoms with Gasteiger partial charge in [-0.3, -0.25) is 4.79 Å². The number of aliphatic carboxylic acids is 1. The summed E-state index contributed by atoms with van der Waals surface area (Å²) < 4.78 is 10.6. The summed E-state index contributed by atoms with van der Waals surface area (Å²) in [6.07, 6.45) is 3.20. The molecule has 3 amide bonds. The van der Waals surface area contributed by atoms with E-state index in [4.69, 9.17) is 9.47 Å². The second-order valence-corrected chi connectivity index (χ2v) is 7.45. The van der Waals surface area contributed by atoms with E-state index in [0.29, 0.717) is 29.7 Å². The summed E-state index contributed by atoms with van der Waals surface area (Å²) in [5.74, 6) is -1.07. The standard InChI is InChI=1S/C24H26N6O7/c1-36-16-5-3-15(4-6-16)29-24(35)30-19(22(33)34)14-28-21(32)18-8-7-17(13-20(18)31)37-12-11-27-23-25-9-2-10-26-23/h2-10,13,19,31H,11-12,14H2,1H3,(H,28,32)(H,33,34)(H,25,26,27)(H2,29,30,35)/t19-/m0/s1. The number of benzene rings is 2. The number of carbonyl (C=O) groups excluding carboxylic acids is 2. The van der Waals surface area contributed by atoms with Gasteiger partial charge in [-0.05, 0) is 42.5 Å². The number of hydrogen-bond acceptors (Lipinski definition) is 9. The Bertz CT molecular complexity index is 1210. The summed E-state index contributed by atoms with van der Waals surface area (Å²) >= 11 is 0. The number of carboxylic acids is 1. The number of amides is 3. The van der Waals surface area contributed by atoms with Gasteiger partial charge in [-0.2, -0.15) is 0 Å². The lowest BCUT2D eigenvalue weighted by molar-refractivity contribution is -0.138. The highest BCUT2D eigenvalue weighted by atomic mass is 16.5. The van der Waals surface area contributed by atoms with Gasteiger partial charge in [0.05, 0.1) is 19.2 Å². The molecule has 0 fully saturated rings. The van der Waals surface area contributed by atoms with E-state index in [-0.39, 0.29) is 17.9 Å². The van der Waals surface area contributed by atoms with Crippen molar-refractivity contribution in [2.45, 2.75) is 6.04 Å². The maximum absolute atomic E-state index is 12.5. The summed E-state index contributed by atoms with van der Waals surface area (Å²) in [6.45, 7) is 0.228. The number of nitrogens with one attached hydrogen (secondary N) is 4. The number of nitrogens with zero attached hydrogens (tertiary/aromatic N) is 2. The van der Waals surface area contributed by atoms with E-state index in [9.17, 15) is 24.6 Å². The zero-order valence-electron chi connectivity index (χ0n) is 19.8. The third-order valence-electron chi connectivity index (χ3n) is 4.85. The highest BCUT2D eigenvalue weighted by molar-refractivity contribution is 5.97. The number of phenols is 1. The van der Waals surface area contributed by atoms with Crippen LogP contribution < -0.4 is 30.7 Å². The summed E-state index contributed by atoms with van der Waals surface area (Å²) in [4.78, 5) is 44.3. The van der Waals surface area contributed by atoms with E-state index in [1.807, 2.05) is 0 Å². The van der Waals surface area contributed by atoms with Crippen molar-refractivity contribution in [3.05, 3.63) is 66.5 Å². The zero-order valence-corrected chi connectivity index (χ0v) is 19.8. The summed E-state index contributed by atoms with van der Waals surface area (Å²) in [6, 6.07) is 10.0. The number of aromatic hydroxyl groups is 1. The quantitative estimate of drug-likeness (QED) is 0.196. The molecule has 1 atom stereocenters. The maximum Gasteiger partial charge on any atom is 0.328 e. The van der Waals surface area contributed by atoms with Gasteiger partial charge < -0.3 is 41.0 Å². The van der Waals surface area contributed by atoms with Crippen molar-refractivity contribution in [2.75, 3.05) is 37.4 Å². The molecule has 0 bridgehead atoms.